The summed E-state index contributed by atoms with van der Waals surface area (Å²) < 4.78 is 0. The quantitative estimate of drug-likeness (QED) is 0.423. The van der Waals surface area contributed by atoms with Crippen molar-refractivity contribution in [3.63, 3.8) is 0 Å². The molecule has 0 bridgehead atoms. The van der Waals surface area contributed by atoms with Crippen molar-refractivity contribution in [3.05, 3.63) is 11.6 Å². The molecule has 5 nitrogen and oxygen atoms in total. The van der Waals surface area contributed by atoms with Gasteiger partial charge in [0.25, 0.3) is 0 Å². The molecule has 1 saturated heterocycles. The Labute approximate surface area is 166 Å². The van der Waals surface area contributed by atoms with Crippen LogP contribution >= 0.6 is 35.3 Å². The summed E-state index contributed by atoms with van der Waals surface area (Å²) in [5, 5.41) is 3.15. The van der Waals surface area contributed by atoms with Crippen molar-refractivity contribution in [1.82, 2.24) is 9.88 Å². The average Bonchev–Trinajstić information content (AvgIpc) is 3.08. The SMILES string of the molecule is I.NC(=NCC1CCCCCCC1)N1CCN(c2nccs2)CC1. The first-order valence-corrected chi connectivity index (χ1v) is 9.90. The number of halogens is 1. The van der Waals surface area contributed by atoms with E-state index in [2.05, 4.69) is 14.8 Å². The Morgan fingerprint density at radius 3 is 2.42 bits per heavy atom. The van der Waals surface area contributed by atoms with E-state index in [0.717, 1.165) is 49.7 Å². The van der Waals surface area contributed by atoms with Gasteiger partial charge in [-0.25, -0.2) is 4.98 Å². The predicted molar refractivity (Wildman–Crippen MR) is 114 cm³/mol. The van der Waals surface area contributed by atoms with Crippen LogP contribution in [0.3, 0.4) is 0 Å². The number of hydrogen-bond donors (Lipinski definition) is 1. The van der Waals surface area contributed by atoms with Crippen LogP contribution in [0.4, 0.5) is 5.13 Å². The van der Waals surface area contributed by atoms with E-state index in [9.17, 15) is 0 Å². The second kappa shape index (κ2) is 10.4. The van der Waals surface area contributed by atoms with Crippen LogP contribution in [0.1, 0.15) is 44.9 Å². The summed E-state index contributed by atoms with van der Waals surface area (Å²) >= 11 is 1.71. The van der Waals surface area contributed by atoms with Crippen LogP contribution in [-0.4, -0.2) is 48.6 Å². The minimum atomic E-state index is 0. The standard InChI is InChI=1S/C17H29N5S.HI/c18-16(20-14-15-6-4-2-1-3-5-7-15)21-9-11-22(12-10-21)17-19-8-13-23-17;/h8,13,15H,1-7,9-12,14H2,(H2,18,20);1H. The van der Waals surface area contributed by atoms with Crippen molar-refractivity contribution in [1.29, 1.82) is 0 Å². The summed E-state index contributed by atoms with van der Waals surface area (Å²) in [5.41, 5.74) is 6.24. The van der Waals surface area contributed by atoms with E-state index in [1.807, 2.05) is 11.6 Å². The number of hydrogen-bond acceptors (Lipinski definition) is 4. The van der Waals surface area contributed by atoms with Crippen LogP contribution < -0.4 is 10.6 Å². The van der Waals surface area contributed by atoms with Crippen LogP contribution in [-0.2, 0) is 0 Å². The first kappa shape index (κ1) is 19.8. The molecule has 7 heteroatoms. The minimum absolute atomic E-state index is 0. The number of guanidine groups is 1. The van der Waals surface area contributed by atoms with E-state index in [-0.39, 0.29) is 24.0 Å². The highest BCUT2D eigenvalue weighted by Gasteiger charge is 2.20. The molecule has 0 amide bonds. The smallest absolute Gasteiger partial charge is 0.191 e. The van der Waals surface area contributed by atoms with Crippen LogP contribution in [0.15, 0.2) is 16.6 Å². The molecule has 2 heterocycles. The highest BCUT2D eigenvalue weighted by Crippen LogP contribution is 2.22. The fraction of sp³-hybridized carbons (Fsp3) is 0.765. The van der Waals surface area contributed by atoms with Crippen molar-refractivity contribution >= 4 is 46.4 Å². The molecule has 2 aliphatic rings. The van der Waals surface area contributed by atoms with Crippen LogP contribution in [0.2, 0.25) is 0 Å². The molecule has 136 valence electrons. The lowest BCUT2D eigenvalue weighted by Crippen LogP contribution is -2.51. The van der Waals surface area contributed by atoms with Gasteiger partial charge in [0.2, 0.25) is 0 Å². The Morgan fingerprint density at radius 1 is 1.12 bits per heavy atom. The van der Waals surface area contributed by atoms with E-state index < -0.39 is 0 Å². The van der Waals surface area contributed by atoms with E-state index >= 15 is 0 Å². The number of piperazine rings is 1. The zero-order valence-electron chi connectivity index (χ0n) is 14.4. The van der Waals surface area contributed by atoms with Gasteiger partial charge in [-0.3, -0.25) is 4.99 Å². The normalized spacial score (nSPS) is 21.1. The number of anilines is 1. The molecule has 1 aliphatic carbocycles. The molecule has 0 radical (unpaired) electrons. The summed E-state index contributed by atoms with van der Waals surface area (Å²) in [5.74, 6) is 1.48. The molecule has 0 unspecified atom stereocenters. The lowest BCUT2D eigenvalue weighted by atomic mass is 9.91. The number of rotatable bonds is 3. The third kappa shape index (κ3) is 5.75. The van der Waals surface area contributed by atoms with E-state index in [1.165, 1.54) is 44.9 Å². The summed E-state index contributed by atoms with van der Waals surface area (Å²) in [4.78, 5) is 13.7. The zero-order valence-corrected chi connectivity index (χ0v) is 17.5. The molecule has 1 aromatic rings. The topological polar surface area (TPSA) is 57.8 Å². The van der Waals surface area contributed by atoms with Gasteiger partial charge in [-0.2, -0.15) is 0 Å². The van der Waals surface area contributed by atoms with Gasteiger partial charge in [-0.1, -0.05) is 32.1 Å². The first-order chi connectivity index (χ1) is 11.3. The molecule has 0 atom stereocenters. The summed E-state index contributed by atoms with van der Waals surface area (Å²) in [6.07, 6.45) is 11.5. The maximum absolute atomic E-state index is 6.24. The molecule has 24 heavy (non-hydrogen) atoms. The highest BCUT2D eigenvalue weighted by atomic mass is 127. The maximum Gasteiger partial charge on any atom is 0.191 e. The molecular formula is C17H30IN5S. The fourth-order valence-electron chi connectivity index (χ4n) is 3.54. The largest absolute Gasteiger partial charge is 0.370 e. The third-order valence-corrected chi connectivity index (χ3v) is 5.86. The second-order valence-corrected chi connectivity index (χ2v) is 7.57. The Kier molecular flexibility index (Phi) is 8.58. The van der Waals surface area contributed by atoms with Gasteiger partial charge in [-0.05, 0) is 18.8 Å². The van der Waals surface area contributed by atoms with Gasteiger partial charge in [0.05, 0.1) is 0 Å². The van der Waals surface area contributed by atoms with E-state index in [1.54, 1.807) is 11.3 Å². The molecular weight excluding hydrogens is 433 g/mol. The molecule has 2 fully saturated rings. The Hall–Kier alpha value is -0.570. The Balaban J connectivity index is 0.00000208. The highest BCUT2D eigenvalue weighted by molar-refractivity contribution is 14.0. The van der Waals surface area contributed by atoms with Gasteiger partial charge in [0.1, 0.15) is 0 Å². The van der Waals surface area contributed by atoms with Crippen molar-refractivity contribution in [2.75, 3.05) is 37.6 Å². The number of nitrogens with zero attached hydrogens (tertiary/aromatic N) is 4. The van der Waals surface area contributed by atoms with E-state index in [0.29, 0.717) is 0 Å². The van der Waals surface area contributed by atoms with Crippen LogP contribution in [0.25, 0.3) is 0 Å². The van der Waals surface area contributed by atoms with Gasteiger partial charge >= 0.3 is 0 Å². The number of thiazole rings is 1. The van der Waals surface area contributed by atoms with Crippen molar-refractivity contribution < 1.29 is 0 Å². The number of nitrogens with two attached hydrogens (primary N) is 1. The lowest BCUT2D eigenvalue weighted by molar-refractivity contribution is 0.368. The Bertz CT molecular complexity index is 477. The van der Waals surface area contributed by atoms with Crippen molar-refractivity contribution in [3.8, 4) is 0 Å². The molecule has 1 aliphatic heterocycles. The van der Waals surface area contributed by atoms with Gasteiger partial charge in [0, 0.05) is 44.3 Å². The number of aromatic nitrogens is 1. The summed E-state index contributed by atoms with van der Waals surface area (Å²) in [6.45, 7) is 4.76. The average molecular weight is 463 g/mol. The molecule has 1 aromatic heterocycles. The summed E-state index contributed by atoms with van der Waals surface area (Å²) in [6, 6.07) is 0. The molecule has 2 N–H and O–H groups in total. The van der Waals surface area contributed by atoms with Gasteiger partial charge in [0.15, 0.2) is 11.1 Å². The number of aliphatic imine (C=N–C) groups is 1. The zero-order chi connectivity index (χ0) is 15.9. The molecule has 1 saturated carbocycles. The van der Waals surface area contributed by atoms with Gasteiger partial charge in [-0.15, -0.1) is 35.3 Å². The Morgan fingerprint density at radius 2 is 1.79 bits per heavy atom. The van der Waals surface area contributed by atoms with Crippen molar-refractivity contribution in [2.45, 2.75) is 44.9 Å². The molecule has 0 aromatic carbocycles. The lowest BCUT2D eigenvalue weighted by Gasteiger charge is -2.35. The second-order valence-electron chi connectivity index (χ2n) is 6.70. The fourth-order valence-corrected chi connectivity index (χ4v) is 4.24. The van der Waals surface area contributed by atoms with Crippen LogP contribution in [0, 0.1) is 5.92 Å². The summed E-state index contributed by atoms with van der Waals surface area (Å²) in [7, 11) is 0. The minimum Gasteiger partial charge on any atom is -0.370 e. The predicted octanol–water partition coefficient (Wildman–Crippen LogP) is 3.56. The van der Waals surface area contributed by atoms with Crippen LogP contribution in [0.5, 0.6) is 0 Å². The van der Waals surface area contributed by atoms with E-state index in [4.69, 9.17) is 10.7 Å². The first-order valence-electron chi connectivity index (χ1n) is 9.02. The molecule has 3 rings (SSSR count). The molecule has 0 spiro atoms. The maximum atomic E-state index is 6.24. The third-order valence-electron chi connectivity index (χ3n) is 5.03. The van der Waals surface area contributed by atoms with Gasteiger partial charge < -0.3 is 15.5 Å². The van der Waals surface area contributed by atoms with Crippen molar-refractivity contribution in [2.24, 2.45) is 16.6 Å². The monoisotopic (exact) mass is 463 g/mol.